The molecule has 0 atom stereocenters. The molecule has 10 aromatic rings. The van der Waals surface area contributed by atoms with Crippen molar-refractivity contribution < 1.29 is 14.2 Å². The Morgan fingerprint density at radius 1 is 0.290 bits per heavy atom. The SMILES string of the molecule is c1ccc(N(c2ccccc2)c2cc3c4c(c2)Oc2cc5c(cc2B4c2ccccc2O3)N(c2ccccc2)c2cc3c4c6c2B5c2ccccc2N6c2ccccc2B4c2ccccc2O3)cc1. The van der Waals surface area contributed by atoms with Gasteiger partial charge in [0.2, 0.25) is 0 Å². The summed E-state index contributed by atoms with van der Waals surface area (Å²) < 4.78 is 21.4. The van der Waals surface area contributed by atoms with Crippen LogP contribution >= 0.6 is 0 Å². The lowest BCUT2D eigenvalue weighted by Crippen LogP contribution is -2.68. The number of para-hydroxylation sites is 7. The van der Waals surface area contributed by atoms with E-state index in [4.69, 9.17) is 14.2 Å². The predicted molar refractivity (Wildman–Crippen MR) is 284 cm³/mol. The summed E-state index contributed by atoms with van der Waals surface area (Å²) in [4.78, 5) is 7.28. The minimum atomic E-state index is -0.153. The van der Waals surface area contributed by atoms with Crippen molar-refractivity contribution in [3.63, 3.8) is 0 Å². The van der Waals surface area contributed by atoms with Crippen molar-refractivity contribution in [3.05, 3.63) is 218 Å². The van der Waals surface area contributed by atoms with Gasteiger partial charge >= 0.3 is 0 Å². The molecule has 9 heteroatoms. The maximum Gasteiger partial charge on any atom is 0.260 e. The second-order valence-corrected chi connectivity index (χ2v) is 18.7. The van der Waals surface area contributed by atoms with Crippen LogP contribution in [0.25, 0.3) is 0 Å². The van der Waals surface area contributed by atoms with Crippen LogP contribution in [-0.4, -0.2) is 20.1 Å². The highest BCUT2D eigenvalue weighted by Crippen LogP contribution is 2.49. The largest absolute Gasteiger partial charge is 0.458 e. The van der Waals surface area contributed by atoms with Crippen LogP contribution in [0.2, 0.25) is 0 Å². The average molecular weight is 879 g/mol. The van der Waals surface area contributed by atoms with Crippen LogP contribution < -0.4 is 78.1 Å². The molecule has 6 heterocycles. The topological polar surface area (TPSA) is 37.4 Å². The summed E-state index contributed by atoms with van der Waals surface area (Å²) in [6.07, 6.45) is 0. The van der Waals surface area contributed by atoms with E-state index in [2.05, 4.69) is 233 Å². The van der Waals surface area contributed by atoms with Gasteiger partial charge in [0.15, 0.2) is 0 Å². The molecule has 0 aromatic heterocycles. The Balaban J connectivity index is 0.971. The minimum Gasteiger partial charge on any atom is -0.458 e. The lowest BCUT2D eigenvalue weighted by Gasteiger charge is -2.49. The van der Waals surface area contributed by atoms with Gasteiger partial charge in [0.25, 0.3) is 20.1 Å². The van der Waals surface area contributed by atoms with Crippen molar-refractivity contribution in [2.75, 3.05) is 14.7 Å². The van der Waals surface area contributed by atoms with Crippen molar-refractivity contribution in [1.82, 2.24) is 0 Å². The van der Waals surface area contributed by atoms with Gasteiger partial charge in [-0.1, -0.05) is 127 Å². The van der Waals surface area contributed by atoms with Crippen LogP contribution in [0.3, 0.4) is 0 Å². The summed E-state index contributed by atoms with van der Waals surface area (Å²) in [5.41, 5.74) is 20.6. The molecule has 16 rings (SSSR count). The molecule has 0 saturated carbocycles. The smallest absolute Gasteiger partial charge is 0.260 e. The van der Waals surface area contributed by atoms with E-state index in [0.717, 1.165) is 85.0 Å². The van der Waals surface area contributed by atoms with E-state index in [9.17, 15) is 0 Å². The molecule has 6 aliphatic rings. The highest BCUT2D eigenvalue weighted by Gasteiger charge is 2.52. The molecule has 0 saturated heterocycles. The number of nitrogens with zero attached hydrogens (tertiary/aromatic N) is 3. The maximum atomic E-state index is 7.40. The first-order chi connectivity index (χ1) is 34.2. The highest BCUT2D eigenvalue weighted by molar-refractivity contribution is 7.04. The Morgan fingerprint density at radius 2 is 0.768 bits per heavy atom. The third-order valence-corrected chi connectivity index (χ3v) is 15.2. The molecule has 0 aliphatic carbocycles. The number of hydrogen-bond acceptors (Lipinski definition) is 6. The van der Waals surface area contributed by atoms with E-state index < -0.39 is 0 Å². The van der Waals surface area contributed by atoms with Gasteiger partial charge in [-0.15, -0.1) is 0 Å². The Kier molecular flexibility index (Phi) is 7.50. The molecular formula is C60H36B3N3O3. The number of anilines is 9. The van der Waals surface area contributed by atoms with E-state index in [0.29, 0.717) is 0 Å². The molecule has 318 valence electrons. The Bertz CT molecular complexity index is 3790. The zero-order valence-electron chi connectivity index (χ0n) is 37.1. The normalized spacial score (nSPS) is 14.0. The lowest BCUT2D eigenvalue weighted by molar-refractivity contribution is 0.465. The first-order valence-corrected chi connectivity index (χ1v) is 23.8. The van der Waals surface area contributed by atoms with Gasteiger partial charge in [-0.2, -0.15) is 0 Å². The highest BCUT2D eigenvalue weighted by atomic mass is 16.5. The number of ether oxygens (including phenoxy) is 3. The van der Waals surface area contributed by atoms with E-state index in [1.165, 1.54) is 49.8 Å². The van der Waals surface area contributed by atoms with Gasteiger partial charge in [0.05, 0.1) is 5.69 Å². The molecule has 0 radical (unpaired) electrons. The third-order valence-electron chi connectivity index (χ3n) is 15.2. The van der Waals surface area contributed by atoms with Crippen molar-refractivity contribution in [3.8, 4) is 34.5 Å². The number of hydrogen-bond donors (Lipinski definition) is 0. The molecule has 0 spiro atoms. The molecule has 0 unspecified atom stereocenters. The lowest BCUT2D eigenvalue weighted by atomic mass is 9.28. The van der Waals surface area contributed by atoms with E-state index in [1.54, 1.807) is 0 Å². The van der Waals surface area contributed by atoms with E-state index >= 15 is 0 Å². The van der Waals surface area contributed by atoms with Gasteiger partial charge in [0.1, 0.15) is 34.5 Å². The summed E-state index contributed by atoms with van der Waals surface area (Å²) >= 11 is 0. The fourth-order valence-electron chi connectivity index (χ4n) is 12.5. The Morgan fingerprint density at radius 3 is 1.38 bits per heavy atom. The Labute approximate surface area is 400 Å². The van der Waals surface area contributed by atoms with Crippen molar-refractivity contribution in [1.29, 1.82) is 0 Å². The number of fused-ring (bicyclic) bond motifs is 14. The summed E-state index contributed by atoms with van der Waals surface area (Å²) in [6, 6.07) is 78.4. The zero-order chi connectivity index (χ0) is 44.9. The fourth-order valence-corrected chi connectivity index (χ4v) is 12.5. The van der Waals surface area contributed by atoms with Crippen LogP contribution in [0, 0.1) is 0 Å². The molecule has 0 fully saturated rings. The summed E-state index contributed by atoms with van der Waals surface area (Å²) in [5.74, 6) is 5.06. The van der Waals surface area contributed by atoms with Gasteiger partial charge in [-0.25, -0.2) is 0 Å². The summed E-state index contributed by atoms with van der Waals surface area (Å²) in [7, 11) is 0. The number of benzene rings is 10. The van der Waals surface area contributed by atoms with Crippen LogP contribution in [0.15, 0.2) is 218 Å². The second kappa shape index (κ2) is 13.9. The minimum absolute atomic E-state index is 0.00173. The van der Waals surface area contributed by atoms with Crippen LogP contribution in [-0.2, 0) is 0 Å². The third kappa shape index (κ3) is 5.08. The van der Waals surface area contributed by atoms with Crippen LogP contribution in [0.4, 0.5) is 51.2 Å². The molecule has 0 amide bonds. The summed E-state index contributed by atoms with van der Waals surface area (Å²) in [5, 5.41) is 0. The van der Waals surface area contributed by atoms with Gasteiger partial charge < -0.3 is 28.9 Å². The molecule has 10 aromatic carbocycles. The van der Waals surface area contributed by atoms with Crippen LogP contribution in [0.1, 0.15) is 0 Å². The molecule has 69 heavy (non-hydrogen) atoms. The standard InChI is InChI=1S/C60H36B3N3O3/c1-4-18-37(19-5-1)64(38-20-6-2-7-21-38)40-32-54-58-55(33-40)69-53-35-45-49(34-46(53)63(58)44-27-13-17-31-52(44)67-54)65(39-22-8-3-9-23-39)50-36-56-59-60-57(50)62(45)42-25-11-15-29-48(42)66(60)47-28-14-10-24-41(47)61(59)43-26-12-16-30-51(43)68-56/h1-36H. The van der Waals surface area contributed by atoms with Crippen molar-refractivity contribution >= 4 is 120 Å². The van der Waals surface area contributed by atoms with E-state index in [-0.39, 0.29) is 20.1 Å². The monoisotopic (exact) mass is 879 g/mol. The zero-order valence-corrected chi connectivity index (χ0v) is 37.1. The quantitative estimate of drug-likeness (QED) is 0.165. The molecule has 0 bridgehead atoms. The summed E-state index contributed by atoms with van der Waals surface area (Å²) in [6.45, 7) is -0.265. The molecule has 6 nitrogen and oxygen atoms in total. The van der Waals surface area contributed by atoms with Crippen LogP contribution in [0.5, 0.6) is 34.5 Å². The van der Waals surface area contributed by atoms with Crippen molar-refractivity contribution in [2.45, 2.75) is 0 Å². The predicted octanol–water partition coefficient (Wildman–Crippen LogP) is 8.90. The Hall–Kier alpha value is -8.81. The maximum absolute atomic E-state index is 7.40. The average Bonchev–Trinajstić information content (AvgIpc) is 3.41. The first kappa shape index (κ1) is 37.3. The van der Waals surface area contributed by atoms with Gasteiger partial charge in [-0.05, 0) is 116 Å². The van der Waals surface area contributed by atoms with Crippen molar-refractivity contribution in [2.24, 2.45) is 0 Å². The fraction of sp³-hybridized carbons (Fsp3) is 0. The molecule has 0 N–H and O–H groups in total. The number of rotatable bonds is 4. The van der Waals surface area contributed by atoms with E-state index in [1.807, 2.05) is 0 Å². The molecule has 6 aliphatic heterocycles. The second-order valence-electron chi connectivity index (χ2n) is 18.7. The van der Waals surface area contributed by atoms with Gasteiger partial charge in [-0.3, -0.25) is 0 Å². The first-order valence-electron chi connectivity index (χ1n) is 23.8. The van der Waals surface area contributed by atoms with Gasteiger partial charge in [0, 0.05) is 69.2 Å². The molecular weight excluding hydrogens is 843 g/mol.